The number of fused-ring (bicyclic) bond motifs is 1. The molecule has 1 aromatic heterocycles. The van der Waals surface area contributed by atoms with Crippen molar-refractivity contribution in [2.75, 3.05) is 13.4 Å². The number of ether oxygens (including phenoxy) is 3. The van der Waals surface area contributed by atoms with Crippen LogP contribution in [0, 0.1) is 5.92 Å². The number of rotatable bonds is 11. The van der Waals surface area contributed by atoms with E-state index >= 15 is 0 Å². The Morgan fingerprint density at radius 3 is 2.75 bits per heavy atom. The zero-order valence-electron chi connectivity index (χ0n) is 19.2. The molecule has 2 aromatic rings. The van der Waals surface area contributed by atoms with Crippen LogP contribution in [0.15, 0.2) is 30.3 Å². The molecule has 32 heavy (non-hydrogen) atoms. The third kappa shape index (κ3) is 6.19. The first-order valence-corrected chi connectivity index (χ1v) is 12.8. The summed E-state index contributed by atoms with van der Waals surface area (Å²) < 4.78 is 16.1. The molecule has 0 amide bonds. The fraction of sp³-hybridized carbons (Fsp3) is 0.480. The molecule has 170 valence electrons. The summed E-state index contributed by atoms with van der Waals surface area (Å²) in [6, 6.07) is 9.33. The summed E-state index contributed by atoms with van der Waals surface area (Å²) in [5.41, 5.74) is 3.10. The van der Waals surface area contributed by atoms with Crippen molar-refractivity contribution >= 4 is 26.1 Å². The quantitative estimate of drug-likeness (QED) is 0.409. The van der Waals surface area contributed by atoms with Crippen LogP contribution >= 0.6 is 0 Å². The number of hydrogen-bond acceptors (Lipinski definition) is 6. The summed E-state index contributed by atoms with van der Waals surface area (Å²) in [5, 5.41) is 15.4. The standard InChI is InChI=1S/C24H30NO5.CH2.Al/c1-4-5-6-18-8-9-19(20(25-18)10-12-23(26)28-14-16(2)3)24(27)17-7-11-21-22(13-17)30-15-29-21;;/h7-11,13,16,24,27H,4-6,12,14-15H2,1-3H3;1H2;. The zero-order valence-corrected chi connectivity index (χ0v) is 20.3. The molecule has 1 aromatic carbocycles. The van der Waals surface area contributed by atoms with Crippen molar-refractivity contribution < 1.29 is 24.1 Å². The second kappa shape index (κ2) is 11.6. The molecule has 3 rings (SSSR count). The van der Waals surface area contributed by atoms with Crippen molar-refractivity contribution in [3.8, 4) is 11.5 Å². The molecule has 0 bridgehead atoms. The van der Waals surface area contributed by atoms with Gasteiger partial charge in [-0.25, -0.2) is 0 Å². The number of benzene rings is 1. The first-order valence-electron chi connectivity index (χ1n) is 11.3. The van der Waals surface area contributed by atoms with Crippen LogP contribution in [-0.2, 0) is 16.0 Å². The average Bonchev–Trinajstić information content (AvgIpc) is 3.27. The van der Waals surface area contributed by atoms with E-state index in [0.29, 0.717) is 29.2 Å². The molecule has 0 radical (unpaired) electrons. The SMILES string of the molecule is [CH2]=[Al][C@@H](CC(=O)OCC(C)C)c1nc(CCCC)ccc1C(O)c1ccc2c(c1)OCO2. The third-order valence-electron chi connectivity index (χ3n) is 5.41. The Bertz CT molecular complexity index is 946. The molecular weight excluding hydrogens is 421 g/mol. The van der Waals surface area contributed by atoms with Crippen molar-refractivity contribution in [1.29, 1.82) is 0 Å². The maximum atomic E-state index is 12.5. The summed E-state index contributed by atoms with van der Waals surface area (Å²) in [7, 11) is 0. The van der Waals surface area contributed by atoms with E-state index in [1.54, 1.807) is 12.1 Å². The summed E-state index contributed by atoms with van der Waals surface area (Å²) in [6.45, 7) is 6.74. The molecule has 0 spiro atoms. The van der Waals surface area contributed by atoms with Gasteiger partial charge >= 0.3 is 196 Å². The fourth-order valence-electron chi connectivity index (χ4n) is 3.61. The Hall–Kier alpha value is -2.20. The van der Waals surface area contributed by atoms with Crippen LogP contribution < -0.4 is 9.47 Å². The van der Waals surface area contributed by atoms with E-state index in [1.165, 1.54) is 0 Å². The molecule has 1 unspecified atom stereocenters. The van der Waals surface area contributed by atoms with Gasteiger partial charge in [0.1, 0.15) is 0 Å². The van der Waals surface area contributed by atoms with Crippen LogP contribution in [0.3, 0.4) is 0 Å². The van der Waals surface area contributed by atoms with Crippen LogP contribution in [0.4, 0.5) is 0 Å². The summed E-state index contributed by atoms with van der Waals surface area (Å²) in [4.78, 5) is 17.4. The van der Waals surface area contributed by atoms with Gasteiger partial charge in [0.15, 0.2) is 0 Å². The maximum absolute atomic E-state index is 12.5. The average molecular weight is 454 g/mol. The van der Waals surface area contributed by atoms with Crippen molar-refractivity contribution in [2.24, 2.45) is 5.92 Å². The van der Waals surface area contributed by atoms with E-state index in [2.05, 4.69) is 12.3 Å². The number of unbranched alkanes of at least 4 members (excludes halogenated alkanes) is 1. The van der Waals surface area contributed by atoms with Gasteiger partial charge in [-0.05, 0) is 0 Å². The molecule has 0 fully saturated rings. The molecule has 0 aliphatic carbocycles. The van der Waals surface area contributed by atoms with E-state index in [1.807, 2.05) is 32.0 Å². The zero-order chi connectivity index (χ0) is 23.1. The molecule has 0 saturated carbocycles. The van der Waals surface area contributed by atoms with E-state index < -0.39 is 6.10 Å². The Morgan fingerprint density at radius 2 is 2.03 bits per heavy atom. The van der Waals surface area contributed by atoms with Gasteiger partial charge in [0.05, 0.1) is 0 Å². The van der Waals surface area contributed by atoms with Gasteiger partial charge < -0.3 is 0 Å². The monoisotopic (exact) mass is 453 g/mol. The molecule has 2 atom stereocenters. The van der Waals surface area contributed by atoms with E-state index in [9.17, 15) is 9.90 Å². The van der Waals surface area contributed by atoms with Gasteiger partial charge in [-0.1, -0.05) is 0 Å². The second-order valence-electron chi connectivity index (χ2n) is 8.52. The van der Waals surface area contributed by atoms with Crippen LogP contribution in [0.5, 0.6) is 11.5 Å². The number of esters is 1. The number of aliphatic hydroxyl groups is 1. The molecule has 1 aliphatic rings. The van der Waals surface area contributed by atoms with Crippen molar-refractivity contribution in [1.82, 2.24) is 4.98 Å². The number of aliphatic hydroxyl groups excluding tert-OH is 1. The summed E-state index contributed by atoms with van der Waals surface area (Å²) in [5.74, 6) is 1.32. The number of carbonyl (C=O) groups excluding carboxylic acids is 1. The number of aromatic nitrogens is 1. The number of aryl methyl sites for hydroxylation is 1. The van der Waals surface area contributed by atoms with Crippen molar-refractivity contribution in [3.63, 3.8) is 0 Å². The number of pyridine rings is 1. The predicted molar refractivity (Wildman–Crippen MR) is 126 cm³/mol. The van der Waals surface area contributed by atoms with Crippen molar-refractivity contribution in [3.05, 3.63) is 52.8 Å². The molecule has 6 nitrogen and oxygen atoms in total. The van der Waals surface area contributed by atoms with Crippen molar-refractivity contribution in [2.45, 2.75) is 57.3 Å². The summed E-state index contributed by atoms with van der Waals surface area (Å²) in [6.07, 6.45) is 2.30. The first-order chi connectivity index (χ1) is 15.4. The van der Waals surface area contributed by atoms with Gasteiger partial charge in [0.25, 0.3) is 0 Å². The number of carbonyl (C=O) groups is 1. The van der Waals surface area contributed by atoms with Gasteiger partial charge in [-0.2, -0.15) is 0 Å². The molecule has 2 heterocycles. The minimum absolute atomic E-state index is 0.158. The minimum atomic E-state index is -0.896. The van der Waals surface area contributed by atoms with E-state index in [4.69, 9.17) is 19.2 Å². The van der Waals surface area contributed by atoms with Crippen LogP contribution in [0.2, 0.25) is 0 Å². The Morgan fingerprint density at radius 1 is 1.25 bits per heavy atom. The Kier molecular flexibility index (Phi) is 8.86. The van der Waals surface area contributed by atoms with Gasteiger partial charge in [-0.15, -0.1) is 0 Å². The Balaban J connectivity index is 1.92. The summed E-state index contributed by atoms with van der Waals surface area (Å²) >= 11 is -0.348. The second-order valence-corrected chi connectivity index (χ2v) is 9.80. The molecule has 7 heteroatoms. The molecular formula is C25H32AlNO5. The number of hydrogen-bond donors (Lipinski definition) is 1. The molecule has 0 saturated heterocycles. The van der Waals surface area contributed by atoms with Gasteiger partial charge in [0.2, 0.25) is 0 Å². The fourth-order valence-corrected chi connectivity index (χ4v) is 4.46. The van der Waals surface area contributed by atoms with Crippen LogP contribution in [-0.4, -0.2) is 49.6 Å². The van der Waals surface area contributed by atoms with E-state index in [0.717, 1.165) is 30.7 Å². The van der Waals surface area contributed by atoms with Crippen LogP contribution in [0.1, 0.15) is 73.4 Å². The van der Waals surface area contributed by atoms with E-state index in [-0.39, 0.29) is 44.7 Å². The Labute approximate surface area is 196 Å². The first kappa shape index (κ1) is 24.4. The molecule has 1 aliphatic heterocycles. The third-order valence-corrected chi connectivity index (χ3v) is 6.53. The predicted octanol–water partition coefficient (Wildman–Crippen LogP) is 4.00. The number of nitrogens with zero attached hydrogens (tertiary/aromatic N) is 1. The molecule has 1 N–H and O–H groups in total. The van der Waals surface area contributed by atoms with Crippen LogP contribution in [0.25, 0.3) is 0 Å². The topological polar surface area (TPSA) is 77.9 Å². The normalized spacial score (nSPS) is 14.2. The van der Waals surface area contributed by atoms with Gasteiger partial charge in [-0.3, -0.25) is 0 Å². The van der Waals surface area contributed by atoms with Gasteiger partial charge in [0, 0.05) is 0 Å².